The van der Waals surface area contributed by atoms with Crippen molar-refractivity contribution in [1.82, 2.24) is 24.9 Å². The SMILES string of the molecule is C[C@@]1(N2C(=O)OC[C@@H]2c2ccccc2)C(=O)N([C@@H](CC(=O)N2CCC(N3CCCCC3)CC2)C(=O)NCc2cccc(C(F)(F)F)c2)[C@@H]1/C=C/c1ccccc1. The number of carbonyl (C=O) groups excluding carboxylic acids is 4. The van der Waals surface area contributed by atoms with Gasteiger partial charge in [0, 0.05) is 25.7 Å². The molecule has 3 aromatic carbocycles. The molecule has 3 aromatic rings. The number of nitrogens with zero attached hydrogens (tertiary/aromatic N) is 4. The number of nitrogens with one attached hydrogen (secondary N) is 1. The van der Waals surface area contributed by atoms with Crippen molar-refractivity contribution in [2.75, 3.05) is 32.8 Å². The molecule has 0 radical (unpaired) electrons. The minimum Gasteiger partial charge on any atom is -0.447 e. The molecule has 0 aliphatic carbocycles. The van der Waals surface area contributed by atoms with E-state index in [-0.39, 0.29) is 31.0 Å². The van der Waals surface area contributed by atoms with Crippen molar-refractivity contribution in [2.45, 2.75) is 87.9 Å². The van der Waals surface area contributed by atoms with E-state index in [1.54, 1.807) is 17.9 Å². The number of hydrogen-bond acceptors (Lipinski definition) is 6. The van der Waals surface area contributed by atoms with E-state index in [0.717, 1.165) is 49.2 Å². The summed E-state index contributed by atoms with van der Waals surface area (Å²) >= 11 is 0. The zero-order valence-electron chi connectivity index (χ0n) is 31.5. The van der Waals surface area contributed by atoms with E-state index >= 15 is 0 Å². The lowest BCUT2D eigenvalue weighted by atomic mass is 9.75. The lowest BCUT2D eigenvalue weighted by molar-refractivity contribution is -0.176. The number of benzene rings is 3. The van der Waals surface area contributed by atoms with Gasteiger partial charge in [-0.25, -0.2) is 4.79 Å². The minimum atomic E-state index is -4.57. The van der Waals surface area contributed by atoms with E-state index in [9.17, 15) is 32.3 Å². The fraction of sp³-hybridized carbons (Fsp3) is 0.442. The quantitative estimate of drug-likeness (QED) is 0.226. The number of alkyl halides is 3. The molecular formula is C43H48F3N5O5. The van der Waals surface area contributed by atoms with Gasteiger partial charge in [0.25, 0.3) is 5.91 Å². The highest BCUT2D eigenvalue weighted by Crippen LogP contribution is 2.46. The highest BCUT2D eigenvalue weighted by atomic mass is 19.4. The van der Waals surface area contributed by atoms with E-state index in [1.165, 1.54) is 41.2 Å². The van der Waals surface area contributed by atoms with E-state index in [0.29, 0.717) is 19.1 Å². The lowest BCUT2D eigenvalue weighted by Gasteiger charge is -2.59. The summed E-state index contributed by atoms with van der Waals surface area (Å²) in [6.07, 6.45) is 3.17. The Kier molecular flexibility index (Phi) is 11.5. The Morgan fingerprint density at radius 2 is 1.59 bits per heavy atom. The molecular weight excluding hydrogens is 723 g/mol. The van der Waals surface area contributed by atoms with Gasteiger partial charge in [-0.15, -0.1) is 0 Å². The summed E-state index contributed by atoms with van der Waals surface area (Å²) in [6.45, 7) is 4.55. The second kappa shape index (κ2) is 16.5. The molecule has 4 atom stereocenters. The summed E-state index contributed by atoms with van der Waals surface area (Å²) < 4.78 is 46.1. The number of hydrogen-bond donors (Lipinski definition) is 1. The van der Waals surface area contributed by atoms with Crippen LogP contribution in [0.5, 0.6) is 0 Å². The molecule has 4 fully saturated rings. The van der Waals surface area contributed by atoms with E-state index < -0.39 is 53.3 Å². The first-order valence-corrected chi connectivity index (χ1v) is 19.5. The molecule has 4 aliphatic heterocycles. The Bertz CT molecular complexity index is 1910. The van der Waals surface area contributed by atoms with E-state index in [2.05, 4.69) is 10.2 Å². The largest absolute Gasteiger partial charge is 0.447 e. The Labute approximate surface area is 325 Å². The molecule has 4 amide bonds. The topological polar surface area (TPSA) is 102 Å². The average Bonchev–Trinajstić information content (AvgIpc) is 3.62. The van der Waals surface area contributed by atoms with E-state index in [1.807, 2.05) is 66.7 Å². The molecule has 0 bridgehead atoms. The molecule has 7 rings (SSSR count). The summed E-state index contributed by atoms with van der Waals surface area (Å²) in [7, 11) is 0. The van der Waals surface area contributed by atoms with Gasteiger partial charge in [0.2, 0.25) is 11.8 Å². The molecule has 0 aromatic heterocycles. The maximum atomic E-state index is 14.8. The molecule has 10 nitrogen and oxygen atoms in total. The first-order chi connectivity index (χ1) is 26.9. The third kappa shape index (κ3) is 8.05. The van der Waals surface area contributed by atoms with Crippen molar-refractivity contribution in [2.24, 2.45) is 0 Å². The van der Waals surface area contributed by atoms with Gasteiger partial charge in [-0.05, 0) is 74.5 Å². The summed E-state index contributed by atoms with van der Waals surface area (Å²) in [6, 6.07) is 20.9. The Morgan fingerprint density at radius 1 is 0.911 bits per heavy atom. The van der Waals surface area contributed by atoms with Crippen LogP contribution in [-0.4, -0.2) is 99.9 Å². The third-order valence-electron chi connectivity index (χ3n) is 11.8. The van der Waals surface area contributed by atoms with Gasteiger partial charge in [-0.2, -0.15) is 13.2 Å². The van der Waals surface area contributed by atoms with Crippen molar-refractivity contribution in [1.29, 1.82) is 0 Å². The highest BCUT2D eigenvalue weighted by molar-refractivity contribution is 6.02. The monoisotopic (exact) mass is 771 g/mol. The molecule has 0 saturated carbocycles. The molecule has 296 valence electrons. The van der Waals surface area contributed by atoms with Gasteiger partial charge in [0.05, 0.1) is 24.1 Å². The number of likely N-dealkylation sites (tertiary alicyclic amines) is 3. The van der Waals surface area contributed by atoms with Gasteiger partial charge in [-0.3, -0.25) is 19.3 Å². The molecule has 56 heavy (non-hydrogen) atoms. The van der Waals surface area contributed by atoms with Crippen LogP contribution in [-0.2, 0) is 31.8 Å². The molecule has 0 spiro atoms. The predicted octanol–water partition coefficient (Wildman–Crippen LogP) is 6.43. The van der Waals surface area contributed by atoms with Gasteiger partial charge >= 0.3 is 12.3 Å². The summed E-state index contributed by atoms with van der Waals surface area (Å²) in [4.78, 5) is 63.8. The lowest BCUT2D eigenvalue weighted by Crippen LogP contribution is -2.81. The summed E-state index contributed by atoms with van der Waals surface area (Å²) in [5.41, 5.74) is -0.557. The third-order valence-corrected chi connectivity index (χ3v) is 11.8. The van der Waals surface area contributed by atoms with Gasteiger partial charge in [-0.1, -0.05) is 91.4 Å². The Morgan fingerprint density at radius 3 is 2.27 bits per heavy atom. The number of halogens is 3. The Balaban J connectivity index is 1.19. The average molecular weight is 772 g/mol. The zero-order valence-corrected chi connectivity index (χ0v) is 31.5. The van der Waals surface area contributed by atoms with Crippen molar-refractivity contribution >= 4 is 29.9 Å². The van der Waals surface area contributed by atoms with Crippen LogP contribution >= 0.6 is 0 Å². The summed E-state index contributed by atoms with van der Waals surface area (Å²) in [5.74, 6) is -1.52. The van der Waals surface area contributed by atoms with Crippen LogP contribution in [0, 0.1) is 0 Å². The first-order valence-electron chi connectivity index (χ1n) is 19.5. The number of cyclic esters (lactones) is 1. The molecule has 0 unspecified atom stereocenters. The predicted molar refractivity (Wildman–Crippen MR) is 204 cm³/mol. The standard InChI is InChI=1S/C43H48F3N5O5/c1-42(51-36(29-56-41(51)55)32-15-7-3-8-16-32)37(19-18-30-12-5-2-6-13-30)50(40(42)54)35(39(53)47-28-31-14-11-17-33(26-31)43(44,45)46)27-38(52)49-24-20-34(21-25-49)48-22-9-4-10-23-48/h2-3,5-8,11-19,26,34-37H,4,9-10,20-25,27-29H2,1H3,(H,47,53)/b19-18+/t35-,36+,37+,42-/m0/s1. The number of amides is 4. The van der Waals surface area contributed by atoms with E-state index in [4.69, 9.17) is 4.74 Å². The number of ether oxygens (including phenoxy) is 1. The van der Waals surface area contributed by atoms with Crippen LogP contribution in [0.4, 0.5) is 18.0 Å². The maximum absolute atomic E-state index is 14.8. The fourth-order valence-electron chi connectivity index (χ4n) is 8.74. The molecule has 4 saturated heterocycles. The van der Waals surface area contributed by atoms with Crippen molar-refractivity contribution in [3.05, 3.63) is 113 Å². The van der Waals surface area contributed by atoms with Crippen LogP contribution < -0.4 is 5.32 Å². The van der Waals surface area contributed by atoms with Crippen molar-refractivity contribution in [3.63, 3.8) is 0 Å². The van der Waals surface area contributed by atoms with Crippen LogP contribution in [0.25, 0.3) is 6.08 Å². The fourth-order valence-corrected chi connectivity index (χ4v) is 8.74. The number of β-lactam (4-membered cyclic amide) rings is 1. The van der Waals surface area contributed by atoms with Gasteiger partial charge < -0.3 is 24.8 Å². The molecule has 4 aliphatic rings. The van der Waals surface area contributed by atoms with Crippen LogP contribution in [0.2, 0.25) is 0 Å². The maximum Gasteiger partial charge on any atom is 0.416 e. The number of piperidine rings is 2. The van der Waals surface area contributed by atoms with Crippen LogP contribution in [0.15, 0.2) is 91.0 Å². The summed E-state index contributed by atoms with van der Waals surface area (Å²) in [5, 5.41) is 2.73. The molecule has 13 heteroatoms. The minimum absolute atomic E-state index is 0.0214. The van der Waals surface area contributed by atoms with Gasteiger partial charge in [0.15, 0.2) is 0 Å². The highest BCUT2D eigenvalue weighted by Gasteiger charge is 2.66. The first kappa shape index (κ1) is 39.1. The normalized spacial score (nSPS) is 24.2. The second-order valence-corrected chi connectivity index (χ2v) is 15.3. The van der Waals surface area contributed by atoms with Crippen molar-refractivity contribution < 1.29 is 37.1 Å². The molecule has 4 heterocycles. The smallest absolute Gasteiger partial charge is 0.416 e. The van der Waals surface area contributed by atoms with Gasteiger partial charge in [0.1, 0.15) is 18.2 Å². The number of carbonyl (C=O) groups is 4. The number of rotatable bonds is 11. The van der Waals surface area contributed by atoms with Crippen LogP contribution in [0.1, 0.15) is 73.7 Å². The second-order valence-electron chi connectivity index (χ2n) is 15.3. The Hall–Kier alpha value is -5.17. The zero-order chi connectivity index (χ0) is 39.5. The molecule has 1 N–H and O–H groups in total. The van der Waals surface area contributed by atoms with Crippen LogP contribution in [0.3, 0.4) is 0 Å². The van der Waals surface area contributed by atoms with Crippen molar-refractivity contribution in [3.8, 4) is 0 Å².